The Bertz CT molecular complexity index is 652. The third-order valence-electron chi connectivity index (χ3n) is 4.72. The molecule has 0 aromatic heterocycles. The number of rotatable bonds is 9. The second-order valence-electron chi connectivity index (χ2n) is 6.55. The van der Waals surface area contributed by atoms with Crippen molar-refractivity contribution in [2.24, 2.45) is 0 Å². The van der Waals surface area contributed by atoms with Crippen LogP contribution >= 0.6 is 0 Å². The van der Waals surface area contributed by atoms with Crippen LogP contribution in [0.3, 0.4) is 0 Å². The molecule has 8 heteroatoms. The molecule has 1 aliphatic heterocycles. The van der Waals surface area contributed by atoms with Gasteiger partial charge in [-0.05, 0) is 37.0 Å². The highest BCUT2D eigenvalue weighted by Crippen LogP contribution is 2.38. The van der Waals surface area contributed by atoms with Gasteiger partial charge in [0.25, 0.3) is 0 Å². The molecule has 2 rings (SSSR count). The smallest absolute Gasteiger partial charge is 0.328 e. The van der Waals surface area contributed by atoms with Crippen LogP contribution in [0.25, 0.3) is 0 Å². The number of piperidine rings is 1. The highest BCUT2D eigenvalue weighted by Gasteiger charge is 2.33. The molecular formula is C20H29NO7. The Morgan fingerprint density at radius 1 is 1.11 bits per heavy atom. The van der Waals surface area contributed by atoms with Crippen molar-refractivity contribution in [1.82, 2.24) is 4.90 Å². The van der Waals surface area contributed by atoms with Crippen molar-refractivity contribution in [3.05, 3.63) is 17.7 Å². The lowest BCUT2D eigenvalue weighted by Gasteiger charge is -2.34. The zero-order chi connectivity index (χ0) is 20.5. The molecule has 1 aromatic carbocycles. The molecule has 28 heavy (non-hydrogen) atoms. The first-order valence-corrected chi connectivity index (χ1v) is 9.41. The van der Waals surface area contributed by atoms with E-state index in [0.29, 0.717) is 42.2 Å². The molecule has 1 heterocycles. The molecule has 0 saturated carbocycles. The standard InChI is InChI=1S/C20H29NO7/c1-25-16-11-14(12-17(26-2)19(16)27-3)13-18(23)21-8-5-4-7-15(21)20(24)28-10-6-9-22/h11-12,15,22H,4-10,13H2,1-3H3. The van der Waals surface area contributed by atoms with Gasteiger partial charge in [-0.2, -0.15) is 0 Å². The molecule has 1 unspecified atom stereocenters. The number of aliphatic hydroxyl groups is 1. The number of aliphatic hydroxyl groups excluding tert-OH is 1. The maximum absolute atomic E-state index is 12.9. The summed E-state index contributed by atoms with van der Waals surface area (Å²) >= 11 is 0. The molecular weight excluding hydrogens is 366 g/mol. The minimum absolute atomic E-state index is 0.0400. The highest BCUT2D eigenvalue weighted by molar-refractivity contribution is 5.86. The fourth-order valence-electron chi connectivity index (χ4n) is 3.32. The summed E-state index contributed by atoms with van der Waals surface area (Å²) in [6, 6.07) is 2.89. The fraction of sp³-hybridized carbons (Fsp3) is 0.600. The minimum atomic E-state index is -0.581. The van der Waals surface area contributed by atoms with Crippen LogP contribution in [0.4, 0.5) is 0 Å². The van der Waals surface area contributed by atoms with Crippen LogP contribution in [-0.4, -0.2) is 69.0 Å². The minimum Gasteiger partial charge on any atom is -0.493 e. The van der Waals surface area contributed by atoms with Crippen molar-refractivity contribution in [3.63, 3.8) is 0 Å². The second-order valence-corrected chi connectivity index (χ2v) is 6.55. The van der Waals surface area contributed by atoms with E-state index in [1.54, 1.807) is 17.0 Å². The first-order chi connectivity index (χ1) is 13.5. The molecule has 1 fully saturated rings. The molecule has 1 N–H and O–H groups in total. The van der Waals surface area contributed by atoms with E-state index >= 15 is 0 Å². The predicted molar refractivity (Wildman–Crippen MR) is 102 cm³/mol. The molecule has 1 aromatic rings. The number of esters is 1. The van der Waals surface area contributed by atoms with E-state index < -0.39 is 12.0 Å². The lowest BCUT2D eigenvalue weighted by Crippen LogP contribution is -2.49. The van der Waals surface area contributed by atoms with Crippen LogP contribution in [-0.2, 0) is 20.7 Å². The number of carbonyl (C=O) groups is 2. The third kappa shape index (κ3) is 5.28. The molecule has 0 aliphatic carbocycles. The van der Waals surface area contributed by atoms with Gasteiger partial charge in [0, 0.05) is 19.6 Å². The summed E-state index contributed by atoms with van der Waals surface area (Å²) in [7, 11) is 4.56. The van der Waals surface area contributed by atoms with Gasteiger partial charge in [-0.15, -0.1) is 0 Å². The van der Waals surface area contributed by atoms with Crippen LogP contribution in [0.1, 0.15) is 31.2 Å². The molecule has 0 radical (unpaired) electrons. The van der Waals surface area contributed by atoms with Crippen molar-refractivity contribution < 1.29 is 33.6 Å². The summed E-state index contributed by atoms with van der Waals surface area (Å²) < 4.78 is 21.2. The van der Waals surface area contributed by atoms with Crippen molar-refractivity contribution >= 4 is 11.9 Å². The molecule has 1 atom stereocenters. The Morgan fingerprint density at radius 3 is 2.36 bits per heavy atom. The van der Waals surface area contributed by atoms with E-state index in [-0.39, 0.29) is 25.5 Å². The van der Waals surface area contributed by atoms with E-state index in [1.807, 2.05) is 0 Å². The zero-order valence-corrected chi connectivity index (χ0v) is 16.7. The van der Waals surface area contributed by atoms with Gasteiger partial charge >= 0.3 is 5.97 Å². The number of hydrogen-bond acceptors (Lipinski definition) is 7. The summed E-state index contributed by atoms with van der Waals surface area (Å²) in [6.07, 6.45) is 2.79. The lowest BCUT2D eigenvalue weighted by atomic mass is 10.0. The van der Waals surface area contributed by atoms with Gasteiger partial charge in [0.2, 0.25) is 11.7 Å². The SMILES string of the molecule is COc1cc(CC(=O)N2CCCCC2C(=O)OCCCO)cc(OC)c1OC. The quantitative estimate of drug-likeness (QED) is 0.501. The molecule has 0 spiro atoms. The van der Waals surface area contributed by atoms with Crippen molar-refractivity contribution in [2.45, 2.75) is 38.1 Å². The van der Waals surface area contributed by atoms with Crippen LogP contribution in [0.5, 0.6) is 17.2 Å². The maximum atomic E-state index is 12.9. The normalized spacial score (nSPS) is 16.4. The first-order valence-electron chi connectivity index (χ1n) is 9.41. The van der Waals surface area contributed by atoms with Gasteiger partial charge in [0.1, 0.15) is 6.04 Å². The molecule has 8 nitrogen and oxygen atoms in total. The Labute approximate surface area is 165 Å². The monoisotopic (exact) mass is 395 g/mol. The van der Waals surface area contributed by atoms with E-state index in [4.69, 9.17) is 24.1 Å². The Balaban J connectivity index is 2.14. The van der Waals surface area contributed by atoms with E-state index in [0.717, 1.165) is 12.8 Å². The molecule has 1 saturated heterocycles. The second kappa shape index (κ2) is 10.8. The zero-order valence-electron chi connectivity index (χ0n) is 16.7. The number of carbonyl (C=O) groups excluding carboxylic acids is 2. The van der Waals surface area contributed by atoms with Crippen LogP contribution in [0.2, 0.25) is 0 Å². The van der Waals surface area contributed by atoms with Gasteiger partial charge in [-0.1, -0.05) is 0 Å². The van der Waals surface area contributed by atoms with E-state index in [9.17, 15) is 9.59 Å². The van der Waals surface area contributed by atoms with Gasteiger partial charge < -0.3 is 29.0 Å². The summed E-state index contributed by atoms with van der Waals surface area (Å²) in [5, 5.41) is 8.83. The lowest BCUT2D eigenvalue weighted by molar-refractivity contribution is -0.157. The maximum Gasteiger partial charge on any atom is 0.328 e. The average Bonchev–Trinajstić information content (AvgIpc) is 2.72. The number of benzene rings is 1. The molecule has 0 bridgehead atoms. The number of likely N-dealkylation sites (tertiary alicyclic amines) is 1. The summed E-state index contributed by atoms with van der Waals surface area (Å²) in [4.78, 5) is 26.9. The van der Waals surface area contributed by atoms with Gasteiger partial charge in [-0.25, -0.2) is 4.79 Å². The van der Waals surface area contributed by atoms with Crippen molar-refractivity contribution in [3.8, 4) is 17.2 Å². The van der Waals surface area contributed by atoms with Crippen LogP contribution < -0.4 is 14.2 Å². The van der Waals surface area contributed by atoms with Crippen molar-refractivity contribution in [2.75, 3.05) is 41.1 Å². The number of hydrogen-bond donors (Lipinski definition) is 1. The number of amides is 1. The molecule has 1 aliphatic rings. The van der Waals surface area contributed by atoms with E-state index in [1.165, 1.54) is 21.3 Å². The molecule has 156 valence electrons. The first kappa shape index (κ1) is 21.8. The Morgan fingerprint density at radius 2 is 1.79 bits per heavy atom. The van der Waals surface area contributed by atoms with Gasteiger partial charge in [0.15, 0.2) is 11.5 Å². The number of nitrogens with zero attached hydrogens (tertiary/aromatic N) is 1. The predicted octanol–water partition coefficient (Wildman–Crippen LogP) is 1.56. The summed E-state index contributed by atoms with van der Waals surface area (Å²) in [5.41, 5.74) is 0.706. The van der Waals surface area contributed by atoms with E-state index in [2.05, 4.69) is 0 Å². The van der Waals surface area contributed by atoms with Crippen LogP contribution in [0.15, 0.2) is 12.1 Å². The summed E-state index contributed by atoms with van der Waals surface area (Å²) in [6.45, 7) is 0.630. The topological polar surface area (TPSA) is 94.5 Å². The molecule has 1 amide bonds. The van der Waals surface area contributed by atoms with Crippen LogP contribution in [0, 0.1) is 0 Å². The average molecular weight is 395 g/mol. The number of ether oxygens (including phenoxy) is 4. The third-order valence-corrected chi connectivity index (χ3v) is 4.72. The number of methoxy groups -OCH3 is 3. The van der Waals surface area contributed by atoms with Gasteiger partial charge in [0.05, 0.1) is 34.4 Å². The van der Waals surface area contributed by atoms with Gasteiger partial charge in [-0.3, -0.25) is 4.79 Å². The Kier molecular flexibility index (Phi) is 8.38. The van der Waals surface area contributed by atoms with Crippen molar-refractivity contribution in [1.29, 1.82) is 0 Å². The highest BCUT2D eigenvalue weighted by atomic mass is 16.5. The summed E-state index contributed by atoms with van der Waals surface area (Å²) in [5.74, 6) is 0.848. The largest absolute Gasteiger partial charge is 0.493 e. The Hall–Kier alpha value is -2.48. The fourth-order valence-corrected chi connectivity index (χ4v) is 3.32.